The first-order valence-corrected chi connectivity index (χ1v) is 14.5. The molecule has 1 amide bonds. The highest BCUT2D eigenvalue weighted by Gasteiger charge is 2.18. The van der Waals surface area contributed by atoms with Gasteiger partial charge in [0.15, 0.2) is 11.5 Å². The van der Waals surface area contributed by atoms with E-state index in [1.165, 1.54) is 5.56 Å². The fraction of sp³-hybridized carbons (Fsp3) is 0.250. The van der Waals surface area contributed by atoms with Gasteiger partial charge in [0, 0.05) is 62.9 Å². The zero-order valence-electron chi connectivity index (χ0n) is 24.3. The second-order valence-corrected chi connectivity index (χ2v) is 11.3. The molecule has 0 unspecified atom stereocenters. The van der Waals surface area contributed by atoms with Crippen molar-refractivity contribution in [2.24, 2.45) is 7.05 Å². The number of hydrogen-bond acceptors (Lipinski definition) is 8. The number of aromatic nitrogens is 4. The van der Waals surface area contributed by atoms with Crippen molar-refractivity contribution in [3.63, 3.8) is 0 Å². The summed E-state index contributed by atoms with van der Waals surface area (Å²) in [6.07, 6.45) is 1.79. The number of carbonyl (C=O) groups excluding carboxylic acids is 1. The Bertz CT molecular complexity index is 1800. The minimum atomic E-state index is -0.335. The van der Waals surface area contributed by atoms with Gasteiger partial charge in [-0.15, -0.1) is 0 Å². The summed E-state index contributed by atoms with van der Waals surface area (Å²) < 4.78 is 7.88. The standard InChI is InChI=1S/C32H33ClN8O2/c1-20-16-24(9-6-22(20)18-41-14-12-39(2)13-15-41)35-31(42)26-17-25(10-11-28(26)33)43-32-27-19-40(3)38-30(27)36-29(37-32)21-4-7-23(34)8-5-21/h4-11,16-17,19H,12-15,18,34H2,1-3H3,(H,35,42). The van der Waals surface area contributed by atoms with Crippen molar-refractivity contribution in [2.75, 3.05) is 44.3 Å². The summed E-state index contributed by atoms with van der Waals surface area (Å²) >= 11 is 6.48. The van der Waals surface area contributed by atoms with Crippen LogP contribution in [0.4, 0.5) is 11.4 Å². The van der Waals surface area contributed by atoms with Crippen LogP contribution in [-0.4, -0.2) is 68.7 Å². The van der Waals surface area contributed by atoms with E-state index in [0.29, 0.717) is 44.9 Å². The number of likely N-dealkylation sites (N-methyl/N-ethyl adjacent to an activating group) is 1. The number of ether oxygens (including phenoxy) is 1. The van der Waals surface area contributed by atoms with E-state index in [4.69, 9.17) is 22.1 Å². The quantitative estimate of drug-likeness (QED) is 0.241. The lowest BCUT2D eigenvalue weighted by molar-refractivity contribution is 0.102. The van der Waals surface area contributed by atoms with Gasteiger partial charge in [0.1, 0.15) is 11.1 Å². The molecule has 0 radical (unpaired) electrons. The van der Waals surface area contributed by atoms with Gasteiger partial charge in [-0.1, -0.05) is 17.7 Å². The molecule has 0 atom stereocenters. The third kappa shape index (κ3) is 6.46. The molecule has 1 fully saturated rings. The van der Waals surface area contributed by atoms with Crippen LogP contribution in [0, 0.1) is 6.92 Å². The zero-order valence-corrected chi connectivity index (χ0v) is 25.1. The van der Waals surface area contributed by atoms with Gasteiger partial charge < -0.3 is 20.7 Å². The molecule has 43 heavy (non-hydrogen) atoms. The van der Waals surface area contributed by atoms with E-state index < -0.39 is 0 Å². The Kier molecular flexibility index (Phi) is 7.98. The van der Waals surface area contributed by atoms with Gasteiger partial charge in [-0.2, -0.15) is 10.1 Å². The maximum atomic E-state index is 13.4. The van der Waals surface area contributed by atoms with Crippen LogP contribution >= 0.6 is 11.6 Å². The number of hydrogen-bond donors (Lipinski definition) is 2. The second-order valence-electron chi connectivity index (χ2n) is 10.9. The number of nitrogen functional groups attached to an aromatic ring is 1. The molecule has 0 spiro atoms. The molecule has 220 valence electrons. The summed E-state index contributed by atoms with van der Waals surface area (Å²) in [4.78, 5) is 27.4. The van der Waals surface area contributed by atoms with Gasteiger partial charge >= 0.3 is 0 Å². The SMILES string of the molecule is Cc1cc(NC(=O)c2cc(Oc3nc(-c4ccc(N)cc4)nc4nn(C)cc34)ccc2Cl)ccc1CN1CCN(C)CC1. The van der Waals surface area contributed by atoms with Crippen LogP contribution in [-0.2, 0) is 13.6 Å². The van der Waals surface area contributed by atoms with Gasteiger partial charge in [-0.3, -0.25) is 14.4 Å². The van der Waals surface area contributed by atoms with E-state index in [1.54, 1.807) is 48.3 Å². The Morgan fingerprint density at radius 3 is 2.51 bits per heavy atom. The van der Waals surface area contributed by atoms with Crippen molar-refractivity contribution in [3.8, 4) is 23.0 Å². The predicted octanol–water partition coefficient (Wildman–Crippen LogP) is 5.37. The molecule has 0 saturated carbocycles. The largest absolute Gasteiger partial charge is 0.438 e. The molecule has 0 bridgehead atoms. The van der Waals surface area contributed by atoms with Gasteiger partial charge in [-0.25, -0.2) is 4.98 Å². The number of nitrogens with one attached hydrogen (secondary N) is 1. The molecule has 3 N–H and O–H groups in total. The number of aryl methyl sites for hydroxylation is 2. The van der Waals surface area contributed by atoms with Crippen LogP contribution in [0.15, 0.2) is 66.9 Å². The summed E-state index contributed by atoms with van der Waals surface area (Å²) in [5.74, 6) is 0.823. The summed E-state index contributed by atoms with van der Waals surface area (Å²) in [7, 11) is 3.96. The smallest absolute Gasteiger partial charge is 0.257 e. The lowest BCUT2D eigenvalue weighted by Crippen LogP contribution is -2.43. The van der Waals surface area contributed by atoms with Crippen molar-refractivity contribution in [2.45, 2.75) is 13.5 Å². The number of amides is 1. The number of nitrogens with zero attached hydrogens (tertiary/aromatic N) is 6. The number of rotatable bonds is 7. The Hall–Kier alpha value is -4.51. The molecule has 11 heteroatoms. The second kappa shape index (κ2) is 12.0. The number of anilines is 2. The lowest BCUT2D eigenvalue weighted by Gasteiger charge is -2.32. The Morgan fingerprint density at radius 2 is 1.77 bits per heavy atom. The van der Waals surface area contributed by atoms with Crippen molar-refractivity contribution in [3.05, 3.63) is 88.6 Å². The molecule has 3 aromatic carbocycles. The molecule has 6 rings (SSSR count). The van der Waals surface area contributed by atoms with Crippen LogP contribution < -0.4 is 15.8 Å². The molecule has 2 aromatic heterocycles. The minimum absolute atomic E-state index is 0.286. The molecule has 1 aliphatic rings. The third-order valence-corrected chi connectivity index (χ3v) is 7.94. The van der Waals surface area contributed by atoms with Crippen molar-refractivity contribution in [1.82, 2.24) is 29.5 Å². The molecule has 5 aromatic rings. The lowest BCUT2D eigenvalue weighted by atomic mass is 10.1. The Balaban J connectivity index is 1.21. The number of benzene rings is 3. The summed E-state index contributed by atoms with van der Waals surface area (Å²) in [5.41, 5.74) is 11.1. The summed E-state index contributed by atoms with van der Waals surface area (Å²) in [6.45, 7) is 7.22. The number of halogens is 1. The van der Waals surface area contributed by atoms with E-state index in [-0.39, 0.29) is 11.5 Å². The van der Waals surface area contributed by atoms with Crippen molar-refractivity contribution < 1.29 is 9.53 Å². The van der Waals surface area contributed by atoms with Crippen molar-refractivity contribution >= 4 is 39.9 Å². The third-order valence-electron chi connectivity index (χ3n) is 7.62. The highest BCUT2D eigenvalue weighted by Crippen LogP contribution is 2.32. The Morgan fingerprint density at radius 1 is 1.00 bits per heavy atom. The van der Waals surface area contributed by atoms with E-state index in [9.17, 15) is 4.79 Å². The van der Waals surface area contributed by atoms with E-state index >= 15 is 0 Å². The average Bonchev–Trinajstić information content (AvgIpc) is 3.37. The molecular formula is C32H33ClN8O2. The maximum absolute atomic E-state index is 13.4. The van der Waals surface area contributed by atoms with Gasteiger partial charge in [0.2, 0.25) is 5.88 Å². The monoisotopic (exact) mass is 596 g/mol. The molecule has 10 nitrogen and oxygen atoms in total. The molecule has 1 aliphatic heterocycles. The van der Waals surface area contributed by atoms with Gasteiger partial charge in [-0.05, 0) is 79.7 Å². The normalized spacial score (nSPS) is 14.2. The number of piperazine rings is 1. The van der Waals surface area contributed by atoms with Gasteiger partial charge in [0.05, 0.1) is 10.6 Å². The molecule has 1 saturated heterocycles. The number of fused-ring (bicyclic) bond motifs is 1. The first-order chi connectivity index (χ1) is 20.7. The fourth-order valence-electron chi connectivity index (χ4n) is 5.08. The first kappa shape index (κ1) is 28.6. The fourth-order valence-corrected chi connectivity index (χ4v) is 5.28. The highest BCUT2D eigenvalue weighted by molar-refractivity contribution is 6.34. The maximum Gasteiger partial charge on any atom is 0.257 e. The molecule has 3 heterocycles. The first-order valence-electron chi connectivity index (χ1n) is 14.1. The van der Waals surface area contributed by atoms with E-state index in [2.05, 4.69) is 50.2 Å². The topological polar surface area (TPSA) is 114 Å². The van der Waals surface area contributed by atoms with Crippen LogP contribution in [0.25, 0.3) is 22.4 Å². The Labute approximate surface area is 255 Å². The summed E-state index contributed by atoms with van der Waals surface area (Å²) in [5, 5.41) is 8.38. The van der Waals surface area contributed by atoms with Gasteiger partial charge in [0.25, 0.3) is 5.91 Å². The number of carbonyl (C=O) groups is 1. The van der Waals surface area contributed by atoms with Crippen LogP contribution in [0.3, 0.4) is 0 Å². The minimum Gasteiger partial charge on any atom is -0.438 e. The highest BCUT2D eigenvalue weighted by atomic mass is 35.5. The van der Waals surface area contributed by atoms with Crippen LogP contribution in [0.1, 0.15) is 21.5 Å². The average molecular weight is 597 g/mol. The zero-order chi connectivity index (χ0) is 30.1. The number of nitrogens with two attached hydrogens (primary N) is 1. The van der Waals surface area contributed by atoms with Crippen molar-refractivity contribution in [1.29, 1.82) is 0 Å². The van der Waals surface area contributed by atoms with E-state index in [0.717, 1.165) is 43.9 Å². The predicted molar refractivity (Wildman–Crippen MR) is 170 cm³/mol. The van der Waals surface area contributed by atoms with Crippen LogP contribution in [0.5, 0.6) is 11.6 Å². The van der Waals surface area contributed by atoms with Crippen LogP contribution in [0.2, 0.25) is 5.02 Å². The van der Waals surface area contributed by atoms with E-state index in [1.807, 2.05) is 24.3 Å². The molecular weight excluding hydrogens is 564 g/mol. The molecule has 0 aliphatic carbocycles. The summed E-state index contributed by atoms with van der Waals surface area (Å²) in [6, 6.07) is 18.2.